The van der Waals surface area contributed by atoms with Crippen molar-refractivity contribution in [2.24, 2.45) is 0 Å². The molecule has 1 fully saturated rings. The standard InChI is InChI=1S/C12H13N3O3/c1-18-9-5-8(6-9)15-11-4-7(12(16)17)2-3-10(11)13-14-15/h2-4,8-9H,5-6H2,1H3,(H,16,17). The molecule has 1 saturated carbocycles. The van der Waals surface area contributed by atoms with Gasteiger partial charge in [0.05, 0.1) is 23.2 Å². The molecular formula is C12H13N3O3. The number of aromatic nitrogens is 3. The number of carboxylic acids is 1. The van der Waals surface area contributed by atoms with Crippen LogP contribution in [0.3, 0.4) is 0 Å². The Kier molecular flexibility index (Phi) is 2.52. The van der Waals surface area contributed by atoms with Gasteiger partial charge in [-0.2, -0.15) is 0 Å². The van der Waals surface area contributed by atoms with Crippen molar-refractivity contribution in [3.05, 3.63) is 23.8 Å². The molecule has 0 amide bonds. The number of ether oxygens (including phenoxy) is 1. The molecule has 0 atom stereocenters. The Balaban J connectivity index is 1.97. The molecule has 0 spiro atoms. The molecule has 18 heavy (non-hydrogen) atoms. The predicted octanol–water partition coefficient (Wildman–Crippen LogP) is 1.48. The van der Waals surface area contributed by atoms with Crippen LogP contribution in [0.25, 0.3) is 11.0 Å². The number of rotatable bonds is 3. The summed E-state index contributed by atoms with van der Waals surface area (Å²) in [4.78, 5) is 11.0. The third-order valence-electron chi connectivity index (χ3n) is 3.47. The maximum Gasteiger partial charge on any atom is 0.335 e. The second kappa shape index (κ2) is 4.06. The Morgan fingerprint density at radius 2 is 2.28 bits per heavy atom. The predicted molar refractivity (Wildman–Crippen MR) is 63.6 cm³/mol. The Hall–Kier alpha value is -1.95. The van der Waals surface area contributed by atoms with E-state index in [1.807, 2.05) is 0 Å². The van der Waals surface area contributed by atoms with Crippen LogP contribution in [-0.4, -0.2) is 39.3 Å². The second-order valence-corrected chi connectivity index (χ2v) is 4.53. The molecule has 0 unspecified atom stereocenters. The van der Waals surface area contributed by atoms with Crippen LogP contribution in [0.1, 0.15) is 29.2 Å². The molecule has 6 heteroatoms. The third-order valence-corrected chi connectivity index (χ3v) is 3.47. The first-order chi connectivity index (χ1) is 8.69. The maximum atomic E-state index is 11.0. The second-order valence-electron chi connectivity index (χ2n) is 4.53. The van der Waals surface area contributed by atoms with Gasteiger partial charge in [-0.05, 0) is 31.0 Å². The van der Waals surface area contributed by atoms with Gasteiger partial charge in [0.2, 0.25) is 0 Å². The van der Waals surface area contributed by atoms with E-state index in [4.69, 9.17) is 9.84 Å². The van der Waals surface area contributed by atoms with E-state index in [0.29, 0.717) is 0 Å². The van der Waals surface area contributed by atoms with Crippen LogP contribution < -0.4 is 0 Å². The van der Waals surface area contributed by atoms with Crippen molar-refractivity contribution < 1.29 is 14.6 Å². The fraction of sp³-hybridized carbons (Fsp3) is 0.417. The van der Waals surface area contributed by atoms with E-state index in [-0.39, 0.29) is 17.7 Å². The fourth-order valence-corrected chi connectivity index (χ4v) is 2.27. The highest BCUT2D eigenvalue weighted by atomic mass is 16.5. The van der Waals surface area contributed by atoms with E-state index in [1.54, 1.807) is 30.0 Å². The Labute approximate surface area is 103 Å². The number of nitrogens with zero attached hydrogens (tertiary/aromatic N) is 3. The number of methoxy groups -OCH3 is 1. The number of aromatic carboxylic acids is 1. The zero-order valence-corrected chi connectivity index (χ0v) is 9.91. The van der Waals surface area contributed by atoms with Crippen LogP contribution in [0, 0.1) is 0 Å². The minimum atomic E-state index is -0.937. The van der Waals surface area contributed by atoms with Crippen LogP contribution in [0.5, 0.6) is 0 Å². The molecule has 1 heterocycles. The zero-order valence-electron chi connectivity index (χ0n) is 9.91. The number of carbonyl (C=O) groups is 1. The summed E-state index contributed by atoms with van der Waals surface area (Å²) >= 11 is 0. The smallest absolute Gasteiger partial charge is 0.335 e. The molecule has 0 radical (unpaired) electrons. The SMILES string of the molecule is COC1CC(n2nnc3ccc(C(=O)O)cc32)C1. The summed E-state index contributed by atoms with van der Waals surface area (Å²) in [7, 11) is 1.70. The first kappa shape index (κ1) is 11.2. The normalized spacial score (nSPS) is 22.9. The van der Waals surface area contributed by atoms with Gasteiger partial charge in [0, 0.05) is 7.11 Å². The lowest BCUT2D eigenvalue weighted by molar-refractivity contribution is 0.00331. The summed E-state index contributed by atoms with van der Waals surface area (Å²) < 4.78 is 7.04. The summed E-state index contributed by atoms with van der Waals surface area (Å²) in [5.74, 6) is -0.937. The quantitative estimate of drug-likeness (QED) is 0.888. The number of benzene rings is 1. The monoisotopic (exact) mass is 247 g/mol. The number of carboxylic acid groups (broad SMARTS) is 1. The Bertz CT molecular complexity index is 602. The van der Waals surface area contributed by atoms with Crippen molar-refractivity contribution in [2.75, 3.05) is 7.11 Å². The van der Waals surface area contributed by atoms with Gasteiger partial charge in [0.1, 0.15) is 5.52 Å². The van der Waals surface area contributed by atoms with Gasteiger partial charge in [0.15, 0.2) is 0 Å². The van der Waals surface area contributed by atoms with Crippen molar-refractivity contribution >= 4 is 17.0 Å². The Morgan fingerprint density at radius 3 is 2.94 bits per heavy atom. The van der Waals surface area contributed by atoms with Crippen molar-refractivity contribution in [3.8, 4) is 0 Å². The lowest BCUT2D eigenvalue weighted by Gasteiger charge is -2.34. The topological polar surface area (TPSA) is 77.2 Å². The van der Waals surface area contributed by atoms with Crippen LogP contribution >= 0.6 is 0 Å². The van der Waals surface area contributed by atoms with Crippen LogP contribution in [0.4, 0.5) is 0 Å². The van der Waals surface area contributed by atoms with Gasteiger partial charge in [-0.3, -0.25) is 0 Å². The maximum absolute atomic E-state index is 11.0. The number of hydrogen-bond acceptors (Lipinski definition) is 4. The molecule has 0 bridgehead atoms. The van der Waals surface area contributed by atoms with Crippen LogP contribution in [0.2, 0.25) is 0 Å². The summed E-state index contributed by atoms with van der Waals surface area (Å²) in [5.41, 5.74) is 1.75. The van der Waals surface area contributed by atoms with E-state index >= 15 is 0 Å². The molecule has 1 aromatic heterocycles. The molecule has 0 saturated heterocycles. The van der Waals surface area contributed by atoms with Crippen molar-refractivity contribution in [1.29, 1.82) is 0 Å². The van der Waals surface area contributed by atoms with Crippen LogP contribution in [-0.2, 0) is 4.74 Å². The molecule has 1 N–H and O–H groups in total. The van der Waals surface area contributed by atoms with Gasteiger partial charge < -0.3 is 9.84 Å². The van der Waals surface area contributed by atoms with Gasteiger partial charge in [0.25, 0.3) is 0 Å². The molecular weight excluding hydrogens is 234 g/mol. The summed E-state index contributed by atoms with van der Waals surface area (Å²) in [5, 5.41) is 17.1. The average Bonchev–Trinajstić information content (AvgIpc) is 2.71. The summed E-state index contributed by atoms with van der Waals surface area (Å²) in [6.45, 7) is 0. The molecule has 2 aromatic rings. The number of fused-ring (bicyclic) bond motifs is 1. The molecule has 1 aliphatic carbocycles. The van der Waals surface area contributed by atoms with Gasteiger partial charge in [-0.15, -0.1) is 5.10 Å². The van der Waals surface area contributed by atoms with Gasteiger partial charge in [-0.1, -0.05) is 5.21 Å². The molecule has 1 aromatic carbocycles. The fourth-order valence-electron chi connectivity index (χ4n) is 2.27. The van der Waals surface area contributed by atoms with Crippen molar-refractivity contribution in [2.45, 2.75) is 25.0 Å². The van der Waals surface area contributed by atoms with Crippen LogP contribution in [0.15, 0.2) is 18.2 Å². The summed E-state index contributed by atoms with van der Waals surface area (Å²) in [6, 6.07) is 5.11. The number of hydrogen-bond donors (Lipinski definition) is 1. The Morgan fingerprint density at radius 1 is 1.50 bits per heavy atom. The van der Waals surface area contributed by atoms with Crippen molar-refractivity contribution in [1.82, 2.24) is 15.0 Å². The van der Waals surface area contributed by atoms with Gasteiger partial charge in [-0.25, -0.2) is 9.48 Å². The molecule has 1 aliphatic rings. The zero-order chi connectivity index (χ0) is 12.7. The van der Waals surface area contributed by atoms with Crippen molar-refractivity contribution in [3.63, 3.8) is 0 Å². The lowest BCUT2D eigenvalue weighted by atomic mass is 9.89. The molecule has 6 nitrogen and oxygen atoms in total. The average molecular weight is 247 g/mol. The highest BCUT2D eigenvalue weighted by molar-refractivity contribution is 5.92. The highest BCUT2D eigenvalue weighted by Gasteiger charge is 2.32. The van der Waals surface area contributed by atoms with E-state index in [1.165, 1.54) is 0 Å². The van der Waals surface area contributed by atoms with E-state index < -0.39 is 5.97 Å². The molecule has 94 valence electrons. The molecule has 0 aliphatic heterocycles. The van der Waals surface area contributed by atoms with E-state index in [9.17, 15) is 4.79 Å². The minimum absolute atomic E-state index is 0.254. The minimum Gasteiger partial charge on any atom is -0.478 e. The highest BCUT2D eigenvalue weighted by Crippen LogP contribution is 2.35. The first-order valence-electron chi connectivity index (χ1n) is 5.80. The van der Waals surface area contributed by atoms with E-state index in [0.717, 1.165) is 23.9 Å². The largest absolute Gasteiger partial charge is 0.478 e. The van der Waals surface area contributed by atoms with Gasteiger partial charge >= 0.3 is 5.97 Å². The lowest BCUT2D eigenvalue weighted by Crippen LogP contribution is -2.33. The third kappa shape index (κ3) is 1.65. The first-order valence-corrected chi connectivity index (χ1v) is 5.80. The van der Waals surface area contributed by atoms with E-state index in [2.05, 4.69) is 10.3 Å². The summed E-state index contributed by atoms with van der Waals surface area (Å²) in [6.07, 6.45) is 2.07. The molecule has 3 rings (SSSR count).